The molecule has 0 aromatic carbocycles. The van der Waals surface area contributed by atoms with E-state index in [1.807, 2.05) is 0 Å². The van der Waals surface area contributed by atoms with Gasteiger partial charge in [0.1, 0.15) is 0 Å². The molecular formula is C18H24O4. The molecule has 0 aliphatic heterocycles. The molecule has 3 aliphatic carbocycles. The van der Waals surface area contributed by atoms with Crippen LogP contribution < -0.4 is 0 Å². The van der Waals surface area contributed by atoms with Crippen LogP contribution in [0.5, 0.6) is 0 Å². The molecule has 2 atom stereocenters. The highest BCUT2D eigenvalue weighted by molar-refractivity contribution is 6.01. The first-order chi connectivity index (χ1) is 10.5. The van der Waals surface area contributed by atoms with Crippen molar-refractivity contribution in [2.75, 3.05) is 14.2 Å². The molecule has 0 radical (unpaired) electrons. The van der Waals surface area contributed by atoms with Crippen molar-refractivity contribution >= 4 is 11.9 Å². The minimum absolute atomic E-state index is 0.0484. The smallest absolute Gasteiger partial charge is 0.323 e. The van der Waals surface area contributed by atoms with E-state index in [1.165, 1.54) is 26.2 Å². The molecule has 0 amide bonds. The van der Waals surface area contributed by atoms with Crippen molar-refractivity contribution in [3.05, 3.63) is 23.8 Å². The number of allylic oxidation sites excluding steroid dienone is 4. The minimum Gasteiger partial charge on any atom is -0.468 e. The maximum Gasteiger partial charge on any atom is 0.323 e. The molecule has 0 spiro atoms. The van der Waals surface area contributed by atoms with Gasteiger partial charge in [-0.05, 0) is 32.1 Å². The Kier molecular flexibility index (Phi) is 3.46. The van der Waals surface area contributed by atoms with Crippen molar-refractivity contribution in [1.82, 2.24) is 0 Å². The van der Waals surface area contributed by atoms with Crippen molar-refractivity contribution in [2.24, 2.45) is 16.2 Å². The Morgan fingerprint density at radius 3 is 2.32 bits per heavy atom. The minimum atomic E-state index is -1.14. The average molecular weight is 304 g/mol. The first-order valence-corrected chi connectivity index (χ1v) is 8.05. The maximum atomic E-state index is 12.3. The molecule has 0 aromatic rings. The Labute approximate surface area is 131 Å². The molecular weight excluding hydrogens is 280 g/mol. The number of ether oxygens (including phenoxy) is 2. The standard InChI is InChI=1S/C18H24O4/c1-4-5-6-13-7-8-16-10-17(16,9-13)12-18(11-16,14(19)21-2)15(20)22-3/h7-9H,4-6,10-12H2,1-3H3. The van der Waals surface area contributed by atoms with Crippen LogP contribution in [0.4, 0.5) is 0 Å². The summed E-state index contributed by atoms with van der Waals surface area (Å²) in [5.41, 5.74) is 0.0988. The van der Waals surface area contributed by atoms with Crippen LogP contribution in [0.25, 0.3) is 0 Å². The Balaban J connectivity index is 1.91. The summed E-state index contributed by atoms with van der Waals surface area (Å²) >= 11 is 0. The normalized spacial score (nSPS) is 33.5. The van der Waals surface area contributed by atoms with E-state index < -0.39 is 17.4 Å². The molecule has 3 rings (SSSR count). The zero-order valence-corrected chi connectivity index (χ0v) is 13.6. The molecule has 0 N–H and O–H groups in total. The Hall–Kier alpha value is -1.58. The van der Waals surface area contributed by atoms with Crippen LogP contribution in [-0.4, -0.2) is 26.2 Å². The predicted molar refractivity (Wildman–Crippen MR) is 81.9 cm³/mol. The number of unbranched alkanes of at least 4 members (excludes halogenated alkanes) is 1. The molecule has 0 heterocycles. The Morgan fingerprint density at radius 1 is 1.09 bits per heavy atom. The van der Waals surface area contributed by atoms with E-state index in [2.05, 4.69) is 25.2 Å². The van der Waals surface area contributed by atoms with E-state index in [4.69, 9.17) is 9.47 Å². The number of carbonyl (C=O) groups excluding carboxylic acids is 2. The lowest BCUT2D eigenvalue weighted by atomic mass is 9.80. The maximum absolute atomic E-state index is 12.3. The quantitative estimate of drug-likeness (QED) is 0.578. The predicted octanol–water partition coefficient (Wildman–Crippen LogP) is 3.18. The van der Waals surface area contributed by atoms with Crippen molar-refractivity contribution in [3.8, 4) is 0 Å². The summed E-state index contributed by atoms with van der Waals surface area (Å²) in [5, 5.41) is 0. The zero-order chi connectivity index (χ0) is 16.0. The van der Waals surface area contributed by atoms with E-state index in [-0.39, 0.29) is 10.8 Å². The number of rotatable bonds is 5. The molecule has 3 aliphatic rings. The zero-order valence-electron chi connectivity index (χ0n) is 13.6. The molecule has 22 heavy (non-hydrogen) atoms. The lowest BCUT2D eigenvalue weighted by molar-refractivity contribution is -0.170. The second-order valence-electron chi connectivity index (χ2n) is 7.06. The lowest BCUT2D eigenvalue weighted by Crippen LogP contribution is -2.41. The van der Waals surface area contributed by atoms with Gasteiger partial charge in [0.25, 0.3) is 0 Å². The van der Waals surface area contributed by atoms with Crippen LogP contribution in [0.1, 0.15) is 45.4 Å². The number of carbonyl (C=O) groups is 2. The van der Waals surface area contributed by atoms with Crippen molar-refractivity contribution < 1.29 is 19.1 Å². The van der Waals surface area contributed by atoms with Crippen LogP contribution in [0.3, 0.4) is 0 Å². The van der Waals surface area contributed by atoms with E-state index >= 15 is 0 Å². The lowest BCUT2D eigenvalue weighted by Gasteiger charge is -2.26. The van der Waals surface area contributed by atoms with Gasteiger partial charge in [0.05, 0.1) is 14.2 Å². The third-order valence-electron chi connectivity index (χ3n) is 5.78. The molecule has 0 aromatic heterocycles. The van der Waals surface area contributed by atoms with E-state index in [0.717, 1.165) is 19.3 Å². The summed E-state index contributed by atoms with van der Waals surface area (Å²) in [5.74, 6) is -0.909. The second-order valence-corrected chi connectivity index (χ2v) is 7.06. The highest BCUT2D eigenvalue weighted by Crippen LogP contribution is 2.80. The van der Waals surface area contributed by atoms with Gasteiger partial charge < -0.3 is 9.47 Å². The van der Waals surface area contributed by atoms with Crippen LogP contribution >= 0.6 is 0 Å². The van der Waals surface area contributed by atoms with Gasteiger partial charge in [0.2, 0.25) is 0 Å². The van der Waals surface area contributed by atoms with Gasteiger partial charge in [-0.15, -0.1) is 0 Å². The molecule has 0 saturated heterocycles. The van der Waals surface area contributed by atoms with Crippen LogP contribution in [-0.2, 0) is 19.1 Å². The third-order valence-corrected chi connectivity index (χ3v) is 5.78. The SMILES string of the molecule is CCCCC1=CC23CC(C(=O)OC)(C(=O)OC)CC2(C=C1)C3. The second kappa shape index (κ2) is 4.97. The number of esters is 2. The first-order valence-electron chi connectivity index (χ1n) is 8.05. The highest BCUT2D eigenvalue weighted by Gasteiger charge is 2.78. The summed E-state index contributed by atoms with van der Waals surface area (Å²) < 4.78 is 9.87. The number of hydrogen-bond donors (Lipinski definition) is 0. The van der Waals surface area contributed by atoms with Crippen molar-refractivity contribution in [1.29, 1.82) is 0 Å². The summed E-state index contributed by atoms with van der Waals surface area (Å²) in [4.78, 5) is 24.6. The highest BCUT2D eigenvalue weighted by atomic mass is 16.5. The molecule has 120 valence electrons. The third kappa shape index (κ3) is 1.89. The molecule has 2 fully saturated rings. The summed E-state index contributed by atoms with van der Waals surface area (Å²) in [6, 6.07) is 0. The van der Waals surface area contributed by atoms with Gasteiger partial charge in [0, 0.05) is 10.8 Å². The molecule has 4 nitrogen and oxygen atoms in total. The number of methoxy groups -OCH3 is 2. The fourth-order valence-corrected chi connectivity index (χ4v) is 4.63. The van der Waals surface area contributed by atoms with Crippen LogP contribution in [0, 0.1) is 16.2 Å². The monoisotopic (exact) mass is 304 g/mol. The summed E-state index contributed by atoms with van der Waals surface area (Å²) in [6.07, 6.45) is 12.2. The van der Waals surface area contributed by atoms with Crippen LogP contribution in [0.15, 0.2) is 23.8 Å². The van der Waals surface area contributed by atoms with Gasteiger partial charge in [-0.2, -0.15) is 0 Å². The fourth-order valence-electron chi connectivity index (χ4n) is 4.63. The molecule has 2 unspecified atom stereocenters. The van der Waals surface area contributed by atoms with Gasteiger partial charge in [-0.25, -0.2) is 0 Å². The summed E-state index contributed by atoms with van der Waals surface area (Å²) in [7, 11) is 2.68. The van der Waals surface area contributed by atoms with Crippen LogP contribution in [0.2, 0.25) is 0 Å². The molecule has 2 saturated carbocycles. The van der Waals surface area contributed by atoms with Gasteiger partial charge in [-0.3, -0.25) is 9.59 Å². The Bertz CT molecular complexity index is 558. The fraction of sp³-hybridized carbons (Fsp3) is 0.667. The van der Waals surface area contributed by atoms with Crippen molar-refractivity contribution in [2.45, 2.75) is 45.4 Å². The molecule has 4 heteroatoms. The van der Waals surface area contributed by atoms with Gasteiger partial charge >= 0.3 is 11.9 Å². The average Bonchev–Trinajstić information content (AvgIpc) is 3.06. The van der Waals surface area contributed by atoms with E-state index in [1.54, 1.807) is 0 Å². The topological polar surface area (TPSA) is 52.6 Å². The first kappa shape index (κ1) is 15.3. The van der Waals surface area contributed by atoms with Gasteiger partial charge in [-0.1, -0.05) is 37.1 Å². The van der Waals surface area contributed by atoms with Gasteiger partial charge in [0.15, 0.2) is 5.41 Å². The van der Waals surface area contributed by atoms with E-state index in [9.17, 15) is 9.59 Å². The molecule has 0 bridgehead atoms. The Morgan fingerprint density at radius 2 is 1.73 bits per heavy atom. The van der Waals surface area contributed by atoms with E-state index in [0.29, 0.717) is 12.8 Å². The number of hydrogen-bond acceptors (Lipinski definition) is 4. The van der Waals surface area contributed by atoms with Crippen molar-refractivity contribution in [3.63, 3.8) is 0 Å². The largest absolute Gasteiger partial charge is 0.468 e. The summed E-state index contributed by atoms with van der Waals surface area (Å²) in [6.45, 7) is 2.18.